The highest BCUT2D eigenvalue weighted by molar-refractivity contribution is 5.14. The Balaban J connectivity index is 2.12. The van der Waals surface area contributed by atoms with E-state index in [0.29, 0.717) is 11.5 Å². The van der Waals surface area contributed by atoms with Crippen molar-refractivity contribution in [1.29, 1.82) is 0 Å². The normalized spacial score (nSPS) is 13.6. The summed E-state index contributed by atoms with van der Waals surface area (Å²) in [7, 11) is 0. The summed E-state index contributed by atoms with van der Waals surface area (Å²) in [6.07, 6.45) is 2.13. The molecule has 2 nitrogen and oxygen atoms in total. The molecule has 0 aliphatic rings. The van der Waals surface area contributed by atoms with Crippen LogP contribution in [0.4, 0.5) is 0 Å². The molecule has 1 unspecified atom stereocenters. The Labute approximate surface area is 106 Å². The zero-order valence-corrected chi connectivity index (χ0v) is 11.4. The minimum Gasteiger partial charge on any atom is -0.328 e. The minimum atomic E-state index is 0.304. The average molecular weight is 234 g/mol. The Morgan fingerprint density at radius 2 is 1.82 bits per heavy atom. The van der Waals surface area contributed by atoms with Crippen LogP contribution >= 0.6 is 0 Å². The molecular weight excluding hydrogens is 208 g/mol. The summed E-state index contributed by atoms with van der Waals surface area (Å²) in [6, 6.07) is 10.8. The van der Waals surface area contributed by atoms with E-state index < -0.39 is 0 Å². The molecule has 1 aromatic rings. The van der Waals surface area contributed by atoms with Crippen LogP contribution in [0.25, 0.3) is 0 Å². The maximum Gasteiger partial charge on any atom is 0.0205 e. The molecule has 1 aromatic carbocycles. The summed E-state index contributed by atoms with van der Waals surface area (Å²) in [5.74, 6) is 0. The Morgan fingerprint density at radius 3 is 2.41 bits per heavy atom. The van der Waals surface area contributed by atoms with Crippen LogP contribution in [-0.2, 0) is 6.54 Å². The van der Waals surface area contributed by atoms with Crippen molar-refractivity contribution < 1.29 is 0 Å². The van der Waals surface area contributed by atoms with Crippen LogP contribution in [0.3, 0.4) is 0 Å². The summed E-state index contributed by atoms with van der Waals surface area (Å²) < 4.78 is 0. The molecule has 0 aliphatic carbocycles. The van der Waals surface area contributed by atoms with Gasteiger partial charge in [-0.3, -0.25) is 0 Å². The van der Waals surface area contributed by atoms with Crippen molar-refractivity contribution in [1.82, 2.24) is 5.32 Å². The Bertz CT molecular complexity index is 300. The van der Waals surface area contributed by atoms with Gasteiger partial charge in [0.2, 0.25) is 0 Å². The topological polar surface area (TPSA) is 38.0 Å². The minimum absolute atomic E-state index is 0.304. The molecule has 96 valence electrons. The Hall–Kier alpha value is -0.860. The zero-order chi connectivity index (χ0) is 12.7. The predicted octanol–water partition coefficient (Wildman–Crippen LogP) is 2.93. The summed E-state index contributed by atoms with van der Waals surface area (Å²) in [5.41, 5.74) is 7.76. The fourth-order valence-corrected chi connectivity index (χ4v) is 2.00. The standard InChI is InChI=1S/C15H26N2/c1-15(2,3)11-14(16)9-10-17-12-13-7-5-4-6-8-13/h4-8,14,17H,9-12,16H2,1-3H3. The highest BCUT2D eigenvalue weighted by Gasteiger charge is 2.14. The van der Waals surface area contributed by atoms with Gasteiger partial charge in [0.05, 0.1) is 0 Å². The summed E-state index contributed by atoms with van der Waals surface area (Å²) >= 11 is 0. The molecule has 0 saturated heterocycles. The van der Waals surface area contributed by atoms with Gasteiger partial charge in [0.1, 0.15) is 0 Å². The molecule has 3 N–H and O–H groups in total. The first kappa shape index (κ1) is 14.2. The smallest absolute Gasteiger partial charge is 0.0205 e. The molecule has 0 bridgehead atoms. The van der Waals surface area contributed by atoms with Crippen LogP contribution in [0.5, 0.6) is 0 Å². The van der Waals surface area contributed by atoms with E-state index in [1.807, 2.05) is 6.07 Å². The van der Waals surface area contributed by atoms with Gasteiger partial charge in [-0.15, -0.1) is 0 Å². The number of benzene rings is 1. The predicted molar refractivity (Wildman–Crippen MR) is 74.8 cm³/mol. The fraction of sp³-hybridized carbons (Fsp3) is 0.600. The zero-order valence-electron chi connectivity index (χ0n) is 11.4. The molecule has 1 rings (SSSR count). The van der Waals surface area contributed by atoms with Gasteiger partial charge in [-0.25, -0.2) is 0 Å². The van der Waals surface area contributed by atoms with E-state index in [2.05, 4.69) is 50.4 Å². The molecule has 0 amide bonds. The lowest BCUT2D eigenvalue weighted by molar-refractivity contribution is 0.329. The second-order valence-corrected chi connectivity index (χ2v) is 5.98. The number of rotatable bonds is 6. The summed E-state index contributed by atoms with van der Waals surface area (Å²) in [4.78, 5) is 0. The lowest BCUT2D eigenvalue weighted by atomic mass is 9.87. The Morgan fingerprint density at radius 1 is 1.18 bits per heavy atom. The maximum atomic E-state index is 6.10. The third-order valence-corrected chi connectivity index (χ3v) is 2.74. The SMILES string of the molecule is CC(C)(C)CC(N)CCNCc1ccccc1. The van der Waals surface area contributed by atoms with Gasteiger partial charge >= 0.3 is 0 Å². The van der Waals surface area contributed by atoms with Crippen molar-refractivity contribution in [2.75, 3.05) is 6.54 Å². The largest absolute Gasteiger partial charge is 0.328 e. The first-order chi connectivity index (χ1) is 7.97. The molecule has 0 radical (unpaired) electrons. The number of hydrogen-bond acceptors (Lipinski definition) is 2. The maximum absolute atomic E-state index is 6.10. The molecule has 0 aliphatic heterocycles. The lowest BCUT2D eigenvalue weighted by Gasteiger charge is -2.23. The second-order valence-electron chi connectivity index (χ2n) is 5.98. The molecule has 0 saturated carbocycles. The van der Waals surface area contributed by atoms with E-state index >= 15 is 0 Å². The highest BCUT2D eigenvalue weighted by atomic mass is 14.9. The highest BCUT2D eigenvalue weighted by Crippen LogP contribution is 2.20. The van der Waals surface area contributed by atoms with E-state index in [1.165, 1.54) is 5.56 Å². The van der Waals surface area contributed by atoms with Crippen LogP contribution in [0, 0.1) is 5.41 Å². The fourth-order valence-electron chi connectivity index (χ4n) is 2.00. The summed E-state index contributed by atoms with van der Waals surface area (Å²) in [5, 5.41) is 3.44. The van der Waals surface area contributed by atoms with Crippen molar-refractivity contribution in [2.45, 2.75) is 46.2 Å². The first-order valence-corrected chi connectivity index (χ1v) is 6.47. The van der Waals surface area contributed by atoms with Gasteiger partial charge in [-0.1, -0.05) is 51.1 Å². The first-order valence-electron chi connectivity index (χ1n) is 6.47. The van der Waals surface area contributed by atoms with Gasteiger partial charge in [0, 0.05) is 12.6 Å². The van der Waals surface area contributed by atoms with Gasteiger partial charge < -0.3 is 11.1 Å². The van der Waals surface area contributed by atoms with Crippen LogP contribution in [0.15, 0.2) is 30.3 Å². The van der Waals surface area contributed by atoms with Gasteiger partial charge in [0.25, 0.3) is 0 Å². The lowest BCUT2D eigenvalue weighted by Crippen LogP contribution is -2.30. The molecule has 2 heteroatoms. The van der Waals surface area contributed by atoms with Crippen molar-refractivity contribution in [3.63, 3.8) is 0 Å². The molecule has 17 heavy (non-hydrogen) atoms. The molecule has 0 fully saturated rings. The molecular formula is C15H26N2. The second kappa shape index (κ2) is 6.77. The molecule has 1 atom stereocenters. The van der Waals surface area contributed by atoms with Crippen molar-refractivity contribution in [3.05, 3.63) is 35.9 Å². The number of nitrogens with one attached hydrogen (secondary N) is 1. The number of nitrogens with two attached hydrogens (primary N) is 1. The third-order valence-electron chi connectivity index (χ3n) is 2.74. The van der Waals surface area contributed by atoms with Crippen LogP contribution in [0.2, 0.25) is 0 Å². The molecule has 0 aromatic heterocycles. The van der Waals surface area contributed by atoms with E-state index in [9.17, 15) is 0 Å². The van der Waals surface area contributed by atoms with E-state index in [0.717, 1.165) is 25.9 Å². The van der Waals surface area contributed by atoms with Gasteiger partial charge in [0.15, 0.2) is 0 Å². The molecule has 0 spiro atoms. The van der Waals surface area contributed by atoms with E-state index in [-0.39, 0.29) is 0 Å². The van der Waals surface area contributed by atoms with Crippen molar-refractivity contribution >= 4 is 0 Å². The molecule has 0 heterocycles. The van der Waals surface area contributed by atoms with Crippen molar-refractivity contribution in [3.8, 4) is 0 Å². The monoisotopic (exact) mass is 234 g/mol. The Kier molecular flexibility index (Phi) is 5.66. The van der Waals surface area contributed by atoms with E-state index in [4.69, 9.17) is 5.73 Å². The van der Waals surface area contributed by atoms with Gasteiger partial charge in [-0.2, -0.15) is 0 Å². The number of hydrogen-bond donors (Lipinski definition) is 2. The quantitative estimate of drug-likeness (QED) is 0.743. The van der Waals surface area contributed by atoms with Crippen LogP contribution in [-0.4, -0.2) is 12.6 Å². The third kappa shape index (κ3) is 7.14. The van der Waals surface area contributed by atoms with E-state index in [1.54, 1.807) is 0 Å². The summed E-state index contributed by atoms with van der Waals surface area (Å²) in [6.45, 7) is 8.65. The average Bonchev–Trinajstić information content (AvgIpc) is 2.23. The van der Waals surface area contributed by atoms with Crippen LogP contribution < -0.4 is 11.1 Å². The van der Waals surface area contributed by atoms with Gasteiger partial charge in [-0.05, 0) is 30.4 Å². The van der Waals surface area contributed by atoms with Crippen molar-refractivity contribution in [2.24, 2.45) is 11.1 Å². The van der Waals surface area contributed by atoms with Crippen LogP contribution in [0.1, 0.15) is 39.2 Å².